The molecule has 0 fully saturated rings. The molecular formula is C9H13NO. The number of carbonyl (C=O) groups excluding carboxylic acids is 1. The molecule has 11 heavy (non-hydrogen) atoms. The summed E-state index contributed by atoms with van der Waals surface area (Å²) < 4.78 is 0. The zero-order valence-corrected chi connectivity index (χ0v) is 6.87. The van der Waals surface area contributed by atoms with Crippen LogP contribution in [-0.2, 0) is 4.79 Å². The smallest absolute Gasteiger partial charge is 0.248 e. The fourth-order valence-electron chi connectivity index (χ4n) is 0.591. The fourth-order valence-corrected chi connectivity index (χ4v) is 0.591. The lowest BCUT2D eigenvalue weighted by atomic mass is 10.2. The third-order valence-corrected chi connectivity index (χ3v) is 1.17. The summed E-state index contributed by atoms with van der Waals surface area (Å²) in [5.41, 5.74) is 5.58. The van der Waals surface area contributed by atoms with E-state index in [1.165, 1.54) is 0 Å². The molecule has 0 aromatic rings. The fraction of sp³-hybridized carbons (Fsp3) is 0.222. The van der Waals surface area contributed by atoms with Crippen LogP contribution in [0.15, 0.2) is 36.0 Å². The molecule has 0 aliphatic carbocycles. The number of rotatable bonds is 3. The lowest BCUT2D eigenvalue weighted by Gasteiger charge is -1.90. The van der Waals surface area contributed by atoms with Gasteiger partial charge in [-0.25, -0.2) is 0 Å². The van der Waals surface area contributed by atoms with E-state index < -0.39 is 5.91 Å². The Morgan fingerprint density at radius 1 is 1.27 bits per heavy atom. The minimum atomic E-state index is -0.395. The Kier molecular flexibility index (Phi) is 4.82. The maximum atomic E-state index is 10.6. The molecule has 2 nitrogen and oxygen atoms in total. The summed E-state index contributed by atoms with van der Waals surface area (Å²) in [6.45, 7) is 3.68. The van der Waals surface area contributed by atoms with Crippen LogP contribution in [0, 0.1) is 0 Å². The van der Waals surface area contributed by atoms with Crippen LogP contribution in [0.1, 0.15) is 13.8 Å². The summed E-state index contributed by atoms with van der Waals surface area (Å²) in [5.74, 6) is -0.395. The van der Waals surface area contributed by atoms with E-state index in [1.54, 1.807) is 25.2 Å². The Morgan fingerprint density at radius 3 is 2.27 bits per heavy atom. The topological polar surface area (TPSA) is 43.1 Å². The second-order valence-electron chi connectivity index (χ2n) is 1.99. The predicted molar refractivity (Wildman–Crippen MR) is 46.9 cm³/mol. The predicted octanol–water partition coefficient (Wildman–Crippen LogP) is 1.55. The number of carbonyl (C=O) groups is 1. The summed E-state index contributed by atoms with van der Waals surface area (Å²) in [5, 5.41) is 0. The molecule has 0 heterocycles. The van der Waals surface area contributed by atoms with E-state index in [0.29, 0.717) is 5.57 Å². The number of primary amides is 1. The highest BCUT2D eigenvalue weighted by Crippen LogP contribution is 1.94. The molecule has 0 rings (SSSR count). The van der Waals surface area contributed by atoms with Crippen molar-refractivity contribution < 1.29 is 4.79 Å². The molecule has 0 aliphatic rings. The van der Waals surface area contributed by atoms with Crippen LogP contribution in [0.25, 0.3) is 0 Å². The van der Waals surface area contributed by atoms with Gasteiger partial charge < -0.3 is 5.73 Å². The van der Waals surface area contributed by atoms with Crippen molar-refractivity contribution in [2.24, 2.45) is 5.73 Å². The molecule has 0 aromatic heterocycles. The van der Waals surface area contributed by atoms with Gasteiger partial charge in [0, 0.05) is 5.57 Å². The first kappa shape index (κ1) is 9.69. The first-order valence-corrected chi connectivity index (χ1v) is 3.47. The molecule has 2 N–H and O–H groups in total. The van der Waals surface area contributed by atoms with E-state index in [2.05, 4.69) is 0 Å². The summed E-state index contributed by atoms with van der Waals surface area (Å²) in [6.07, 6.45) is 8.86. The molecule has 0 radical (unpaired) electrons. The SMILES string of the molecule is C\C=C/C=C\C(=C/C)C(N)=O. The van der Waals surface area contributed by atoms with Crippen molar-refractivity contribution in [1.29, 1.82) is 0 Å². The van der Waals surface area contributed by atoms with Crippen molar-refractivity contribution in [3.8, 4) is 0 Å². The van der Waals surface area contributed by atoms with Gasteiger partial charge in [0.15, 0.2) is 0 Å². The van der Waals surface area contributed by atoms with E-state index in [0.717, 1.165) is 0 Å². The van der Waals surface area contributed by atoms with Crippen LogP contribution in [-0.4, -0.2) is 5.91 Å². The van der Waals surface area contributed by atoms with Gasteiger partial charge in [-0.1, -0.05) is 24.3 Å². The number of nitrogens with two attached hydrogens (primary N) is 1. The van der Waals surface area contributed by atoms with Gasteiger partial charge in [-0.15, -0.1) is 0 Å². The molecule has 0 aliphatic heterocycles. The van der Waals surface area contributed by atoms with Crippen molar-refractivity contribution in [3.63, 3.8) is 0 Å². The number of hydrogen-bond donors (Lipinski definition) is 1. The zero-order chi connectivity index (χ0) is 8.69. The number of hydrogen-bond acceptors (Lipinski definition) is 1. The number of allylic oxidation sites excluding steroid dienone is 4. The van der Waals surface area contributed by atoms with Gasteiger partial charge in [0.05, 0.1) is 0 Å². The summed E-state index contributed by atoms with van der Waals surface area (Å²) in [6, 6.07) is 0. The molecular weight excluding hydrogens is 138 g/mol. The average molecular weight is 151 g/mol. The molecule has 0 spiro atoms. The minimum Gasteiger partial charge on any atom is -0.366 e. The molecule has 0 bridgehead atoms. The Balaban J connectivity index is 4.22. The standard InChI is InChI=1S/C9H13NO/c1-3-5-6-7-8(4-2)9(10)11/h3-7H,1-2H3,(H2,10,11)/b5-3-,7-6-,8-4+. The third-order valence-electron chi connectivity index (χ3n) is 1.17. The quantitative estimate of drug-likeness (QED) is 0.482. The van der Waals surface area contributed by atoms with E-state index in [-0.39, 0.29) is 0 Å². The van der Waals surface area contributed by atoms with E-state index in [9.17, 15) is 4.79 Å². The van der Waals surface area contributed by atoms with Crippen LogP contribution >= 0.6 is 0 Å². The lowest BCUT2D eigenvalue weighted by molar-refractivity contribution is -0.114. The normalized spacial score (nSPS) is 13.1. The Morgan fingerprint density at radius 2 is 1.91 bits per heavy atom. The van der Waals surface area contributed by atoms with Crippen molar-refractivity contribution in [2.75, 3.05) is 0 Å². The largest absolute Gasteiger partial charge is 0.366 e. The van der Waals surface area contributed by atoms with Gasteiger partial charge >= 0.3 is 0 Å². The molecule has 0 unspecified atom stereocenters. The molecule has 0 atom stereocenters. The summed E-state index contributed by atoms with van der Waals surface area (Å²) in [7, 11) is 0. The Bertz CT molecular complexity index is 212. The second-order valence-corrected chi connectivity index (χ2v) is 1.99. The first-order chi connectivity index (χ1) is 5.22. The maximum Gasteiger partial charge on any atom is 0.248 e. The first-order valence-electron chi connectivity index (χ1n) is 3.47. The van der Waals surface area contributed by atoms with Gasteiger partial charge in [0.1, 0.15) is 0 Å². The van der Waals surface area contributed by atoms with Crippen molar-refractivity contribution in [2.45, 2.75) is 13.8 Å². The highest BCUT2D eigenvalue weighted by atomic mass is 16.1. The molecule has 1 amide bonds. The lowest BCUT2D eigenvalue weighted by Crippen LogP contribution is -2.11. The highest BCUT2D eigenvalue weighted by Gasteiger charge is 1.95. The third kappa shape index (κ3) is 4.14. The van der Waals surface area contributed by atoms with E-state index in [1.807, 2.05) is 19.1 Å². The van der Waals surface area contributed by atoms with Gasteiger partial charge in [0.2, 0.25) is 5.91 Å². The summed E-state index contributed by atoms with van der Waals surface area (Å²) >= 11 is 0. The Labute approximate surface area is 67.1 Å². The number of amides is 1. The highest BCUT2D eigenvalue weighted by molar-refractivity contribution is 5.94. The summed E-state index contributed by atoms with van der Waals surface area (Å²) in [4.78, 5) is 10.6. The molecule has 0 saturated heterocycles. The minimum absolute atomic E-state index is 0.395. The average Bonchev–Trinajstić information content (AvgIpc) is 1.97. The van der Waals surface area contributed by atoms with Crippen LogP contribution < -0.4 is 5.73 Å². The van der Waals surface area contributed by atoms with Gasteiger partial charge in [-0.05, 0) is 19.9 Å². The maximum absolute atomic E-state index is 10.6. The molecule has 60 valence electrons. The van der Waals surface area contributed by atoms with E-state index in [4.69, 9.17) is 5.73 Å². The van der Waals surface area contributed by atoms with Gasteiger partial charge in [-0.3, -0.25) is 4.79 Å². The van der Waals surface area contributed by atoms with Crippen molar-refractivity contribution >= 4 is 5.91 Å². The zero-order valence-electron chi connectivity index (χ0n) is 6.87. The van der Waals surface area contributed by atoms with Crippen LogP contribution in [0.5, 0.6) is 0 Å². The van der Waals surface area contributed by atoms with Crippen LogP contribution in [0.3, 0.4) is 0 Å². The van der Waals surface area contributed by atoms with Crippen LogP contribution in [0.2, 0.25) is 0 Å². The molecule has 0 saturated carbocycles. The van der Waals surface area contributed by atoms with E-state index >= 15 is 0 Å². The monoisotopic (exact) mass is 151 g/mol. The second kappa shape index (κ2) is 5.47. The molecule has 0 aromatic carbocycles. The van der Waals surface area contributed by atoms with Crippen molar-refractivity contribution in [3.05, 3.63) is 36.0 Å². The van der Waals surface area contributed by atoms with Crippen molar-refractivity contribution in [1.82, 2.24) is 0 Å². The molecule has 2 heteroatoms. The van der Waals surface area contributed by atoms with Gasteiger partial charge in [-0.2, -0.15) is 0 Å². The Hall–Kier alpha value is -1.31. The van der Waals surface area contributed by atoms with Gasteiger partial charge in [0.25, 0.3) is 0 Å². The van der Waals surface area contributed by atoms with Crippen LogP contribution in [0.4, 0.5) is 0 Å².